The first-order chi connectivity index (χ1) is 18.0. The molecule has 2 aromatic heterocycles. The SMILES string of the molecule is CN(C)CCNc1nccc(-c2c(-c3ccc(Cl)cc3F)n[nH]c2C2CCN(C(=O)OC(C)(C)C)CC2)n1. The van der Waals surface area contributed by atoms with Crippen molar-refractivity contribution in [3.8, 4) is 22.5 Å². The molecule has 3 heterocycles. The van der Waals surface area contributed by atoms with E-state index in [1.165, 1.54) is 6.07 Å². The number of ether oxygens (including phenoxy) is 1. The highest BCUT2D eigenvalue weighted by Crippen LogP contribution is 2.40. The van der Waals surface area contributed by atoms with Gasteiger partial charge in [0.1, 0.15) is 17.1 Å². The number of hydrogen-bond acceptors (Lipinski definition) is 7. The first-order valence-corrected chi connectivity index (χ1v) is 13.1. The summed E-state index contributed by atoms with van der Waals surface area (Å²) in [5.74, 6) is 0.0918. The van der Waals surface area contributed by atoms with Crippen LogP contribution < -0.4 is 5.32 Å². The number of carbonyl (C=O) groups excluding carboxylic acids is 1. The van der Waals surface area contributed by atoms with Crippen LogP contribution in [0.4, 0.5) is 15.1 Å². The lowest BCUT2D eigenvalue weighted by atomic mass is 9.89. The summed E-state index contributed by atoms with van der Waals surface area (Å²) in [5.41, 5.74) is 2.46. The monoisotopic (exact) mass is 543 g/mol. The summed E-state index contributed by atoms with van der Waals surface area (Å²) < 4.78 is 20.6. The van der Waals surface area contributed by atoms with E-state index in [9.17, 15) is 4.79 Å². The van der Waals surface area contributed by atoms with E-state index in [0.717, 1.165) is 17.8 Å². The minimum Gasteiger partial charge on any atom is -0.444 e. The molecular formula is C27H35ClFN7O2. The second kappa shape index (κ2) is 11.7. The molecular weight excluding hydrogens is 509 g/mol. The van der Waals surface area contributed by atoms with Gasteiger partial charge in [0, 0.05) is 60.1 Å². The second-order valence-corrected chi connectivity index (χ2v) is 11.2. The molecule has 1 fully saturated rings. The fourth-order valence-electron chi connectivity index (χ4n) is 4.44. The Morgan fingerprint density at radius 1 is 1.26 bits per heavy atom. The molecule has 1 amide bonds. The third kappa shape index (κ3) is 6.79. The Hall–Kier alpha value is -3.24. The van der Waals surface area contributed by atoms with Crippen molar-refractivity contribution >= 4 is 23.6 Å². The predicted molar refractivity (Wildman–Crippen MR) is 147 cm³/mol. The molecule has 204 valence electrons. The second-order valence-electron chi connectivity index (χ2n) is 10.7. The maximum Gasteiger partial charge on any atom is 0.410 e. The zero-order valence-electron chi connectivity index (χ0n) is 22.5. The van der Waals surface area contributed by atoms with Crippen LogP contribution in [0.3, 0.4) is 0 Å². The van der Waals surface area contributed by atoms with Crippen LogP contribution in [0.25, 0.3) is 22.5 Å². The summed E-state index contributed by atoms with van der Waals surface area (Å²) in [6.07, 6.45) is 2.78. The molecule has 0 unspecified atom stereocenters. The molecule has 0 radical (unpaired) electrons. The number of rotatable bonds is 7. The molecule has 3 aromatic rings. The van der Waals surface area contributed by atoms with Crippen molar-refractivity contribution in [2.45, 2.75) is 45.1 Å². The minimum atomic E-state index is -0.548. The average molecular weight is 544 g/mol. The van der Waals surface area contributed by atoms with E-state index < -0.39 is 11.4 Å². The first kappa shape index (κ1) is 27.8. The number of piperidine rings is 1. The van der Waals surface area contributed by atoms with Crippen LogP contribution in [0.1, 0.15) is 45.2 Å². The number of likely N-dealkylation sites (tertiary alicyclic amines) is 1. The molecule has 1 saturated heterocycles. The molecule has 9 nitrogen and oxygen atoms in total. The van der Waals surface area contributed by atoms with Crippen molar-refractivity contribution in [1.29, 1.82) is 0 Å². The number of anilines is 1. The van der Waals surface area contributed by atoms with Gasteiger partial charge in [-0.3, -0.25) is 5.10 Å². The highest BCUT2D eigenvalue weighted by Gasteiger charge is 2.31. The normalized spacial score (nSPS) is 14.7. The first-order valence-electron chi connectivity index (χ1n) is 12.8. The van der Waals surface area contributed by atoms with Gasteiger partial charge in [0.2, 0.25) is 5.95 Å². The van der Waals surface area contributed by atoms with Gasteiger partial charge in [-0.25, -0.2) is 19.2 Å². The van der Waals surface area contributed by atoms with E-state index in [4.69, 9.17) is 21.3 Å². The summed E-state index contributed by atoms with van der Waals surface area (Å²) in [5, 5.41) is 11.3. The van der Waals surface area contributed by atoms with Gasteiger partial charge in [0.05, 0.1) is 5.69 Å². The van der Waals surface area contributed by atoms with Crippen LogP contribution in [0, 0.1) is 5.82 Å². The molecule has 0 bridgehead atoms. The third-order valence-corrected chi connectivity index (χ3v) is 6.52. The lowest BCUT2D eigenvalue weighted by Gasteiger charge is -2.33. The van der Waals surface area contributed by atoms with Gasteiger partial charge >= 0.3 is 6.09 Å². The predicted octanol–water partition coefficient (Wildman–Crippen LogP) is 5.41. The van der Waals surface area contributed by atoms with E-state index in [0.29, 0.717) is 60.4 Å². The van der Waals surface area contributed by atoms with Gasteiger partial charge in [0.25, 0.3) is 0 Å². The number of nitrogens with one attached hydrogen (secondary N) is 2. The van der Waals surface area contributed by atoms with Gasteiger partial charge in [-0.15, -0.1) is 0 Å². The number of H-pyrrole nitrogens is 1. The number of aromatic amines is 1. The average Bonchev–Trinajstić information content (AvgIpc) is 3.28. The number of halogens is 2. The third-order valence-electron chi connectivity index (χ3n) is 6.29. The summed E-state index contributed by atoms with van der Waals surface area (Å²) in [7, 11) is 4.00. The molecule has 11 heteroatoms. The van der Waals surface area contributed by atoms with E-state index in [1.54, 1.807) is 29.3 Å². The maximum atomic E-state index is 15.0. The molecule has 1 aliphatic rings. The standard InChI is InChI=1S/C27H35ClFN7O2/c1-27(2,3)38-26(37)36-13-9-17(10-14-36)23-22(21-8-11-30-25(32-21)31-12-15-35(4)5)24(34-33-23)19-7-6-18(28)16-20(19)29/h6-8,11,16-17H,9-10,12-15H2,1-5H3,(H,33,34)(H,30,31,32). The summed E-state index contributed by atoms with van der Waals surface area (Å²) in [6, 6.07) is 6.36. The van der Waals surface area contributed by atoms with Gasteiger partial charge in [0.15, 0.2) is 0 Å². The van der Waals surface area contributed by atoms with Crippen molar-refractivity contribution in [2.75, 3.05) is 45.6 Å². The van der Waals surface area contributed by atoms with E-state index in [2.05, 4.69) is 25.4 Å². The van der Waals surface area contributed by atoms with E-state index in [1.807, 2.05) is 34.9 Å². The fourth-order valence-corrected chi connectivity index (χ4v) is 4.60. The largest absolute Gasteiger partial charge is 0.444 e. The number of carbonyl (C=O) groups is 1. The molecule has 0 saturated carbocycles. The summed E-state index contributed by atoms with van der Waals surface area (Å²) in [6.45, 7) is 8.16. The molecule has 0 spiro atoms. The smallest absolute Gasteiger partial charge is 0.410 e. The number of benzene rings is 1. The Morgan fingerprint density at radius 2 is 2.00 bits per heavy atom. The van der Waals surface area contributed by atoms with Gasteiger partial charge in [-0.1, -0.05) is 11.6 Å². The van der Waals surface area contributed by atoms with Crippen LogP contribution in [0.5, 0.6) is 0 Å². The molecule has 2 N–H and O–H groups in total. The number of hydrogen-bond donors (Lipinski definition) is 2. The molecule has 0 atom stereocenters. The lowest BCUT2D eigenvalue weighted by molar-refractivity contribution is 0.0204. The van der Waals surface area contributed by atoms with Crippen molar-refractivity contribution in [3.63, 3.8) is 0 Å². The van der Waals surface area contributed by atoms with Crippen LogP contribution in [0.2, 0.25) is 5.02 Å². The van der Waals surface area contributed by atoms with Crippen molar-refractivity contribution in [1.82, 2.24) is 30.0 Å². The molecule has 38 heavy (non-hydrogen) atoms. The molecule has 1 aromatic carbocycles. The quantitative estimate of drug-likeness (QED) is 0.411. The Balaban J connectivity index is 1.66. The summed E-state index contributed by atoms with van der Waals surface area (Å²) >= 11 is 6.02. The zero-order valence-corrected chi connectivity index (χ0v) is 23.3. The maximum absolute atomic E-state index is 15.0. The van der Waals surface area contributed by atoms with Crippen molar-refractivity contribution in [3.05, 3.63) is 47.0 Å². The van der Waals surface area contributed by atoms with Crippen molar-refractivity contribution in [2.24, 2.45) is 0 Å². The van der Waals surface area contributed by atoms with Gasteiger partial charge < -0.3 is 19.9 Å². The van der Waals surface area contributed by atoms with Crippen LogP contribution in [-0.2, 0) is 4.74 Å². The van der Waals surface area contributed by atoms with Crippen molar-refractivity contribution < 1.29 is 13.9 Å². The van der Waals surface area contributed by atoms with Gasteiger partial charge in [-0.05, 0) is 72.0 Å². The van der Waals surface area contributed by atoms with Gasteiger partial charge in [-0.2, -0.15) is 5.10 Å². The number of likely N-dealkylation sites (N-methyl/N-ethyl adjacent to an activating group) is 1. The summed E-state index contributed by atoms with van der Waals surface area (Å²) in [4.78, 5) is 25.5. The fraction of sp³-hybridized carbons (Fsp3) is 0.481. The van der Waals surface area contributed by atoms with Crippen LogP contribution in [-0.4, -0.2) is 81.9 Å². The molecule has 1 aliphatic heterocycles. The van der Waals surface area contributed by atoms with E-state index in [-0.39, 0.29) is 12.0 Å². The Bertz CT molecular complexity index is 1270. The molecule has 0 aliphatic carbocycles. The van der Waals surface area contributed by atoms with E-state index >= 15 is 4.39 Å². The number of aromatic nitrogens is 4. The number of amides is 1. The van der Waals surface area contributed by atoms with Crippen LogP contribution >= 0.6 is 11.6 Å². The molecule has 4 rings (SSSR count). The van der Waals surface area contributed by atoms with Crippen LogP contribution in [0.15, 0.2) is 30.5 Å². The Labute approximate surface area is 227 Å². The minimum absolute atomic E-state index is 0.0698. The Kier molecular flexibility index (Phi) is 8.52. The zero-order chi connectivity index (χ0) is 27.4. The number of nitrogens with zero attached hydrogens (tertiary/aromatic N) is 5. The highest BCUT2D eigenvalue weighted by atomic mass is 35.5. The lowest BCUT2D eigenvalue weighted by Crippen LogP contribution is -2.41. The Morgan fingerprint density at radius 3 is 2.66 bits per heavy atom. The highest BCUT2D eigenvalue weighted by molar-refractivity contribution is 6.30. The topological polar surface area (TPSA) is 99.3 Å².